The zero-order chi connectivity index (χ0) is 18.9. The van der Waals surface area contributed by atoms with E-state index in [1.165, 1.54) is 6.20 Å². The minimum atomic E-state index is -0.424. The Balaban J connectivity index is 1.92. The van der Waals surface area contributed by atoms with Crippen LogP contribution in [0.3, 0.4) is 0 Å². The largest absolute Gasteiger partial charge is 0.508 e. The van der Waals surface area contributed by atoms with Crippen LogP contribution in [0.4, 0.5) is 5.69 Å². The third-order valence-corrected chi connectivity index (χ3v) is 3.80. The molecule has 2 rings (SSSR count). The first-order valence-corrected chi connectivity index (χ1v) is 8.08. The maximum Gasteiger partial charge on any atom is 0.263 e. The number of aromatic hydroxyl groups is 1. The first-order valence-electron chi connectivity index (χ1n) is 8.08. The van der Waals surface area contributed by atoms with Gasteiger partial charge in [-0.1, -0.05) is 12.1 Å². The van der Waals surface area contributed by atoms with Crippen molar-refractivity contribution in [1.29, 1.82) is 5.26 Å². The van der Waals surface area contributed by atoms with E-state index in [9.17, 15) is 15.2 Å². The lowest BCUT2D eigenvalue weighted by molar-refractivity contribution is -0.117. The van der Waals surface area contributed by atoms with Gasteiger partial charge < -0.3 is 20.1 Å². The normalized spacial score (nSPS) is 10.7. The Morgan fingerprint density at radius 1 is 1.23 bits per heavy atom. The van der Waals surface area contributed by atoms with Crippen molar-refractivity contribution in [2.24, 2.45) is 0 Å². The molecule has 6 heteroatoms. The molecule has 0 aliphatic heterocycles. The van der Waals surface area contributed by atoms with Gasteiger partial charge in [-0.05, 0) is 48.4 Å². The van der Waals surface area contributed by atoms with E-state index in [0.29, 0.717) is 13.0 Å². The molecule has 0 aliphatic carbocycles. The van der Waals surface area contributed by atoms with Crippen molar-refractivity contribution in [2.75, 3.05) is 25.6 Å². The van der Waals surface area contributed by atoms with Crippen LogP contribution < -0.4 is 15.0 Å². The fourth-order valence-corrected chi connectivity index (χ4v) is 2.30. The number of amides is 1. The quantitative estimate of drug-likeness (QED) is 0.592. The molecule has 0 fully saturated rings. The lowest BCUT2D eigenvalue weighted by Gasteiger charge is -2.15. The third kappa shape index (κ3) is 5.28. The predicted molar refractivity (Wildman–Crippen MR) is 99.9 cm³/mol. The summed E-state index contributed by atoms with van der Waals surface area (Å²) in [7, 11) is 3.34. The molecule has 1 amide bonds. The van der Waals surface area contributed by atoms with Gasteiger partial charge in [0.1, 0.15) is 23.1 Å². The van der Waals surface area contributed by atoms with Crippen molar-refractivity contribution in [3.05, 3.63) is 65.9 Å². The molecule has 2 aromatic rings. The first-order chi connectivity index (χ1) is 12.5. The number of nitrogens with one attached hydrogen (secondary N) is 1. The van der Waals surface area contributed by atoms with Gasteiger partial charge in [-0.3, -0.25) is 4.79 Å². The highest BCUT2D eigenvalue weighted by Gasteiger charge is 2.10. The monoisotopic (exact) mass is 351 g/mol. The van der Waals surface area contributed by atoms with Crippen LogP contribution in [0.2, 0.25) is 0 Å². The van der Waals surface area contributed by atoms with Gasteiger partial charge in [0, 0.05) is 25.5 Å². The zero-order valence-electron chi connectivity index (χ0n) is 14.8. The number of nitrogens with zero attached hydrogens (tertiary/aromatic N) is 2. The van der Waals surface area contributed by atoms with Gasteiger partial charge in [0.05, 0.1) is 7.11 Å². The van der Waals surface area contributed by atoms with Crippen LogP contribution in [0.15, 0.2) is 60.3 Å². The summed E-state index contributed by atoms with van der Waals surface area (Å²) in [4.78, 5) is 13.9. The van der Waals surface area contributed by atoms with Crippen molar-refractivity contribution >= 4 is 11.6 Å². The lowest BCUT2D eigenvalue weighted by Crippen LogP contribution is -2.28. The van der Waals surface area contributed by atoms with E-state index >= 15 is 0 Å². The fraction of sp³-hybridized carbons (Fsp3) is 0.200. The number of nitriles is 1. The molecule has 0 aliphatic rings. The Hall–Kier alpha value is -3.46. The summed E-state index contributed by atoms with van der Waals surface area (Å²) in [6.45, 7) is 0.424. The SMILES string of the molecule is COc1ccc(CCNC(=O)/C(C#N)=C\N(C)c2ccc(O)cc2)cc1. The summed E-state index contributed by atoms with van der Waals surface area (Å²) in [6.07, 6.45) is 2.12. The van der Waals surface area contributed by atoms with E-state index in [2.05, 4.69) is 5.32 Å². The van der Waals surface area contributed by atoms with E-state index in [-0.39, 0.29) is 11.3 Å². The van der Waals surface area contributed by atoms with Crippen LogP contribution in [0, 0.1) is 11.3 Å². The Labute approximate surface area is 152 Å². The molecule has 0 radical (unpaired) electrons. The van der Waals surface area contributed by atoms with Gasteiger partial charge in [0.15, 0.2) is 0 Å². The second-order valence-corrected chi connectivity index (χ2v) is 5.64. The summed E-state index contributed by atoms with van der Waals surface area (Å²) in [5, 5.41) is 21.3. The van der Waals surface area contributed by atoms with Crippen LogP contribution in [-0.4, -0.2) is 31.7 Å². The standard InChI is InChI=1S/C20H21N3O3/c1-23(17-5-7-18(24)8-6-17)14-16(13-21)20(25)22-12-11-15-3-9-19(26-2)10-4-15/h3-10,14,24H,11-12H2,1-2H3,(H,22,25)/b16-14-. The molecule has 26 heavy (non-hydrogen) atoms. The van der Waals surface area contributed by atoms with Crippen molar-refractivity contribution < 1.29 is 14.6 Å². The summed E-state index contributed by atoms with van der Waals surface area (Å²) in [6, 6.07) is 16.0. The highest BCUT2D eigenvalue weighted by molar-refractivity contribution is 5.97. The molecule has 134 valence electrons. The van der Waals surface area contributed by atoms with Gasteiger partial charge in [-0.2, -0.15) is 5.26 Å². The highest BCUT2D eigenvalue weighted by atomic mass is 16.5. The average Bonchev–Trinajstić information content (AvgIpc) is 2.66. The number of carbonyl (C=O) groups excluding carboxylic acids is 1. The number of anilines is 1. The van der Waals surface area contributed by atoms with E-state index in [4.69, 9.17) is 4.74 Å². The summed E-state index contributed by atoms with van der Waals surface area (Å²) in [5.41, 5.74) is 1.83. The maximum absolute atomic E-state index is 12.2. The van der Waals surface area contributed by atoms with Crippen LogP contribution >= 0.6 is 0 Å². The molecule has 0 atom stereocenters. The molecule has 0 saturated carbocycles. The summed E-state index contributed by atoms with van der Waals surface area (Å²) >= 11 is 0. The number of benzene rings is 2. The van der Waals surface area contributed by atoms with Gasteiger partial charge in [0.25, 0.3) is 5.91 Å². The minimum Gasteiger partial charge on any atom is -0.508 e. The fourth-order valence-electron chi connectivity index (χ4n) is 2.30. The van der Waals surface area contributed by atoms with E-state index < -0.39 is 5.91 Å². The molecule has 0 spiro atoms. The van der Waals surface area contributed by atoms with E-state index in [0.717, 1.165) is 17.0 Å². The number of hydrogen-bond acceptors (Lipinski definition) is 5. The Bertz CT molecular complexity index is 806. The second kappa shape index (κ2) is 9.14. The van der Waals surface area contributed by atoms with Gasteiger partial charge in [0.2, 0.25) is 0 Å². The number of phenols is 1. The predicted octanol–water partition coefficient (Wildman–Crippen LogP) is 2.60. The number of rotatable bonds is 7. The van der Waals surface area contributed by atoms with Gasteiger partial charge >= 0.3 is 0 Å². The molecular formula is C20H21N3O3. The lowest BCUT2D eigenvalue weighted by atomic mass is 10.1. The average molecular weight is 351 g/mol. The topological polar surface area (TPSA) is 85.6 Å². The summed E-state index contributed by atoms with van der Waals surface area (Å²) < 4.78 is 5.11. The Morgan fingerprint density at radius 2 is 1.88 bits per heavy atom. The molecule has 0 heterocycles. The van der Waals surface area contributed by atoms with E-state index in [1.54, 1.807) is 43.3 Å². The first kappa shape index (κ1) is 18.9. The molecule has 6 nitrogen and oxygen atoms in total. The van der Waals surface area contributed by atoms with Gasteiger partial charge in [-0.15, -0.1) is 0 Å². The molecular weight excluding hydrogens is 330 g/mol. The number of hydrogen-bond donors (Lipinski definition) is 2. The molecule has 0 unspecified atom stereocenters. The van der Waals surface area contributed by atoms with Crippen molar-refractivity contribution in [3.8, 4) is 17.6 Å². The molecule has 0 bridgehead atoms. The van der Waals surface area contributed by atoms with E-state index in [1.807, 2.05) is 30.3 Å². The molecule has 0 aromatic heterocycles. The van der Waals surface area contributed by atoms with Crippen LogP contribution in [-0.2, 0) is 11.2 Å². The highest BCUT2D eigenvalue weighted by Crippen LogP contribution is 2.18. The maximum atomic E-state index is 12.2. The zero-order valence-corrected chi connectivity index (χ0v) is 14.8. The smallest absolute Gasteiger partial charge is 0.263 e. The number of phenolic OH excluding ortho intramolecular Hbond substituents is 1. The molecule has 2 aromatic carbocycles. The Morgan fingerprint density at radius 3 is 2.46 bits per heavy atom. The third-order valence-electron chi connectivity index (χ3n) is 3.80. The van der Waals surface area contributed by atoms with Gasteiger partial charge in [-0.25, -0.2) is 0 Å². The van der Waals surface area contributed by atoms with Crippen LogP contribution in [0.1, 0.15) is 5.56 Å². The molecule has 2 N–H and O–H groups in total. The molecule has 0 saturated heterocycles. The Kier molecular flexibility index (Phi) is 6.63. The number of ether oxygens (including phenoxy) is 1. The van der Waals surface area contributed by atoms with Crippen LogP contribution in [0.25, 0.3) is 0 Å². The number of carbonyl (C=O) groups is 1. The number of methoxy groups -OCH3 is 1. The van der Waals surface area contributed by atoms with Crippen molar-refractivity contribution in [1.82, 2.24) is 5.32 Å². The van der Waals surface area contributed by atoms with Crippen LogP contribution in [0.5, 0.6) is 11.5 Å². The minimum absolute atomic E-state index is 0.00954. The van der Waals surface area contributed by atoms with Crippen molar-refractivity contribution in [3.63, 3.8) is 0 Å². The second-order valence-electron chi connectivity index (χ2n) is 5.64. The van der Waals surface area contributed by atoms with Crippen molar-refractivity contribution in [2.45, 2.75) is 6.42 Å². The summed E-state index contributed by atoms with van der Waals surface area (Å²) in [5.74, 6) is 0.513.